The summed E-state index contributed by atoms with van der Waals surface area (Å²) < 4.78 is 27.4. The molecule has 1 nitrogen and oxygen atoms in total. The highest BCUT2D eigenvalue weighted by atomic mass is 19.1. The van der Waals surface area contributed by atoms with Crippen molar-refractivity contribution in [3.8, 4) is 0 Å². The lowest BCUT2D eigenvalue weighted by Gasteiger charge is -2.25. The Morgan fingerprint density at radius 3 is 2.40 bits per heavy atom. The zero-order valence-electron chi connectivity index (χ0n) is 8.82. The summed E-state index contributed by atoms with van der Waals surface area (Å²) in [4.78, 5) is 0. The molecule has 0 atom stereocenters. The maximum atomic E-state index is 13.8. The van der Waals surface area contributed by atoms with E-state index in [-0.39, 0.29) is 5.56 Å². The van der Waals surface area contributed by atoms with Crippen molar-refractivity contribution in [3.63, 3.8) is 0 Å². The molecule has 1 fully saturated rings. The van der Waals surface area contributed by atoms with Crippen molar-refractivity contribution < 1.29 is 8.78 Å². The fourth-order valence-corrected chi connectivity index (χ4v) is 2.37. The van der Waals surface area contributed by atoms with Crippen LogP contribution in [-0.4, -0.2) is 0 Å². The Morgan fingerprint density at radius 2 is 1.80 bits per heavy atom. The first kappa shape index (κ1) is 10.6. The Hall–Kier alpha value is -0.960. The Morgan fingerprint density at radius 1 is 1.20 bits per heavy atom. The number of hydrogen-bond donors (Lipinski definition) is 1. The molecule has 15 heavy (non-hydrogen) atoms. The van der Waals surface area contributed by atoms with E-state index >= 15 is 0 Å². The van der Waals surface area contributed by atoms with Crippen LogP contribution in [0.2, 0.25) is 0 Å². The highest BCUT2D eigenvalue weighted by Crippen LogP contribution is 2.39. The summed E-state index contributed by atoms with van der Waals surface area (Å²) in [5, 5.41) is 0. The molecule has 1 aliphatic carbocycles. The van der Waals surface area contributed by atoms with Gasteiger partial charge in [-0.2, -0.15) is 0 Å². The van der Waals surface area contributed by atoms with Crippen molar-refractivity contribution in [1.82, 2.24) is 0 Å². The maximum Gasteiger partial charge on any atom is 0.134 e. The van der Waals surface area contributed by atoms with E-state index in [1.165, 1.54) is 12.1 Å². The van der Waals surface area contributed by atoms with E-state index in [0.29, 0.717) is 18.4 Å². The average Bonchev–Trinajstić information content (AvgIpc) is 2.60. The first-order valence-electron chi connectivity index (χ1n) is 5.28. The van der Waals surface area contributed by atoms with E-state index < -0.39 is 17.2 Å². The number of nitrogens with two attached hydrogens (primary N) is 1. The molecule has 1 aromatic carbocycles. The van der Waals surface area contributed by atoms with Gasteiger partial charge in [-0.15, -0.1) is 0 Å². The summed E-state index contributed by atoms with van der Waals surface area (Å²) in [6.07, 6.45) is 3.24. The molecule has 0 aliphatic heterocycles. The Bertz CT molecular complexity index is 381. The summed E-state index contributed by atoms with van der Waals surface area (Å²) in [6, 6.07) is 2.76. The second kappa shape index (κ2) is 3.56. The van der Waals surface area contributed by atoms with Crippen LogP contribution < -0.4 is 5.73 Å². The third kappa shape index (κ3) is 1.65. The standard InChI is InChI=1S/C12H15F2N/c1-8-4-5-9(13)10(11(8)14)12(15)6-2-3-7-12/h4-5H,2-3,6-7,15H2,1H3. The molecule has 0 bridgehead atoms. The topological polar surface area (TPSA) is 26.0 Å². The van der Waals surface area contributed by atoms with Gasteiger partial charge < -0.3 is 5.73 Å². The molecule has 0 saturated heterocycles. The zero-order chi connectivity index (χ0) is 11.1. The van der Waals surface area contributed by atoms with E-state index in [0.717, 1.165) is 12.8 Å². The summed E-state index contributed by atoms with van der Waals surface area (Å²) in [5.74, 6) is -0.984. The van der Waals surface area contributed by atoms with Crippen molar-refractivity contribution in [2.24, 2.45) is 5.73 Å². The SMILES string of the molecule is Cc1ccc(F)c(C2(N)CCCC2)c1F. The third-order valence-corrected chi connectivity index (χ3v) is 3.28. The highest BCUT2D eigenvalue weighted by molar-refractivity contribution is 5.33. The molecule has 0 amide bonds. The van der Waals surface area contributed by atoms with Crippen LogP contribution in [0.25, 0.3) is 0 Å². The Labute approximate surface area is 88.3 Å². The predicted octanol–water partition coefficient (Wildman–Crippen LogP) is 3.00. The van der Waals surface area contributed by atoms with Crippen LogP contribution in [0.15, 0.2) is 12.1 Å². The summed E-state index contributed by atoms with van der Waals surface area (Å²) in [5.41, 5.74) is 5.82. The molecule has 0 spiro atoms. The molecule has 0 aromatic heterocycles. The number of halogens is 2. The molecule has 82 valence electrons. The molecule has 1 aliphatic rings. The smallest absolute Gasteiger partial charge is 0.134 e. The van der Waals surface area contributed by atoms with Crippen LogP contribution >= 0.6 is 0 Å². The fourth-order valence-electron chi connectivity index (χ4n) is 2.37. The monoisotopic (exact) mass is 211 g/mol. The second-order valence-electron chi connectivity index (χ2n) is 4.42. The highest BCUT2D eigenvalue weighted by Gasteiger charge is 2.36. The molecule has 0 radical (unpaired) electrons. The van der Waals surface area contributed by atoms with Crippen molar-refractivity contribution in [3.05, 3.63) is 34.9 Å². The average molecular weight is 211 g/mol. The first-order chi connectivity index (χ1) is 7.04. The van der Waals surface area contributed by atoms with Crippen LogP contribution in [0.3, 0.4) is 0 Å². The third-order valence-electron chi connectivity index (χ3n) is 3.28. The number of rotatable bonds is 1. The normalized spacial score (nSPS) is 19.5. The van der Waals surface area contributed by atoms with Gasteiger partial charge in [0.15, 0.2) is 0 Å². The Balaban J connectivity index is 2.55. The van der Waals surface area contributed by atoms with Crippen LogP contribution in [0.4, 0.5) is 8.78 Å². The van der Waals surface area contributed by atoms with Crippen molar-refractivity contribution >= 4 is 0 Å². The molecule has 0 heterocycles. The molecule has 0 unspecified atom stereocenters. The van der Waals surface area contributed by atoms with E-state index in [4.69, 9.17) is 5.73 Å². The molecule has 3 heteroatoms. The van der Waals surface area contributed by atoms with Gasteiger partial charge in [0.2, 0.25) is 0 Å². The van der Waals surface area contributed by atoms with Crippen LogP contribution in [0.5, 0.6) is 0 Å². The minimum atomic E-state index is -0.791. The van der Waals surface area contributed by atoms with Crippen molar-refractivity contribution in [1.29, 1.82) is 0 Å². The molecule has 2 rings (SSSR count). The predicted molar refractivity (Wildman–Crippen MR) is 55.4 cm³/mol. The zero-order valence-corrected chi connectivity index (χ0v) is 8.82. The fraction of sp³-hybridized carbons (Fsp3) is 0.500. The molecule has 1 saturated carbocycles. The Kier molecular flexibility index (Phi) is 2.51. The number of benzene rings is 1. The van der Waals surface area contributed by atoms with Gasteiger partial charge in [-0.25, -0.2) is 8.78 Å². The van der Waals surface area contributed by atoms with Gasteiger partial charge in [0.1, 0.15) is 11.6 Å². The summed E-state index contributed by atoms with van der Waals surface area (Å²) in [7, 11) is 0. The van der Waals surface area contributed by atoms with E-state index in [1.54, 1.807) is 6.92 Å². The minimum Gasteiger partial charge on any atom is -0.321 e. The molecular weight excluding hydrogens is 196 g/mol. The lowest BCUT2D eigenvalue weighted by atomic mass is 9.87. The molecule has 1 aromatic rings. The largest absolute Gasteiger partial charge is 0.321 e. The first-order valence-corrected chi connectivity index (χ1v) is 5.28. The van der Waals surface area contributed by atoms with E-state index in [2.05, 4.69) is 0 Å². The lowest BCUT2D eigenvalue weighted by Crippen LogP contribution is -2.35. The van der Waals surface area contributed by atoms with Crippen LogP contribution in [-0.2, 0) is 5.54 Å². The maximum absolute atomic E-state index is 13.8. The second-order valence-corrected chi connectivity index (χ2v) is 4.42. The minimum absolute atomic E-state index is 0.0833. The van der Waals surface area contributed by atoms with Gasteiger partial charge in [0.05, 0.1) is 0 Å². The summed E-state index contributed by atoms with van der Waals surface area (Å²) in [6.45, 7) is 1.64. The van der Waals surface area contributed by atoms with Gasteiger partial charge in [-0.3, -0.25) is 0 Å². The van der Waals surface area contributed by atoms with Gasteiger partial charge in [-0.1, -0.05) is 18.9 Å². The lowest BCUT2D eigenvalue weighted by molar-refractivity contribution is 0.403. The van der Waals surface area contributed by atoms with E-state index in [9.17, 15) is 8.78 Å². The van der Waals surface area contributed by atoms with E-state index in [1.807, 2.05) is 0 Å². The van der Waals surface area contributed by atoms with Crippen LogP contribution in [0, 0.1) is 18.6 Å². The van der Waals surface area contributed by atoms with Crippen LogP contribution in [0.1, 0.15) is 36.8 Å². The van der Waals surface area contributed by atoms with Gasteiger partial charge in [0.25, 0.3) is 0 Å². The summed E-state index contributed by atoms with van der Waals surface area (Å²) >= 11 is 0. The quantitative estimate of drug-likeness (QED) is 0.759. The molecule has 2 N–H and O–H groups in total. The van der Waals surface area contributed by atoms with Gasteiger partial charge in [0, 0.05) is 11.1 Å². The number of aryl methyl sites for hydroxylation is 1. The molecular formula is C12H15F2N. The van der Waals surface area contributed by atoms with Crippen molar-refractivity contribution in [2.75, 3.05) is 0 Å². The van der Waals surface area contributed by atoms with Gasteiger partial charge in [-0.05, 0) is 31.4 Å². The van der Waals surface area contributed by atoms with Gasteiger partial charge >= 0.3 is 0 Å². The van der Waals surface area contributed by atoms with Crippen molar-refractivity contribution in [2.45, 2.75) is 38.1 Å². The number of hydrogen-bond acceptors (Lipinski definition) is 1.